The summed E-state index contributed by atoms with van der Waals surface area (Å²) in [5, 5.41) is 10.8. The number of likely N-dealkylation sites (tertiary alicyclic amines) is 1. The molecule has 2 atom stereocenters. The molecular formula is C25H40N2O6. The van der Waals surface area contributed by atoms with Crippen LogP contribution in [0.25, 0.3) is 0 Å². The third-order valence-electron chi connectivity index (χ3n) is 5.71. The van der Waals surface area contributed by atoms with E-state index in [2.05, 4.69) is 44.1 Å². The third-order valence-corrected chi connectivity index (χ3v) is 5.71. The summed E-state index contributed by atoms with van der Waals surface area (Å²) >= 11 is 0. The highest BCUT2D eigenvalue weighted by molar-refractivity contribution is 5.87. The molecule has 186 valence electrons. The van der Waals surface area contributed by atoms with Gasteiger partial charge in [0.25, 0.3) is 0 Å². The maximum absolute atomic E-state index is 12.5. The molecule has 0 bridgehead atoms. The molecule has 1 saturated heterocycles. The lowest BCUT2D eigenvalue weighted by Gasteiger charge is -2.35. The van der Waals surface area contributed by atoms with Crippen LogP contribution in [-0.4, -0.2) is 67.7 Å². The number of methoxy groups -OCH3 is 1. The number of esters is 1. The van der Waals surface area contributed by atoms with Gasteiger partial charge in [-0.05, 0) is 50.6 Å². The molecule has 33 heavy (non-hydrogen) atoms. The number of carbonyl (C=O) groups is 3. The molecule has 1 aliphatic rings. The number of nitrogens with one attached hydrogen (secondary N) is 1. The first-order chi connectivity index (χ1) is 15.7. The quantitative estimate of drug-likeness (QED) is 0.426. The zero-order valence-electron chi connectivity index (χ0n) is 20.7. The minimum Gasteiger partial charge on any atom is -0.480 e. The molecule has 0 saturated carbocycles. The molecule has 1 aliphatic heterocycles. The van der Waals surface area contributed by atoms with Crippen LogP contribution in [0.1, 0.15) is 64.9 Å². The molecule has 2 rings (SSSR count). The van der Waals surface area contributed by atoms with Gasteiger partial charge in [0.05, 0.1) is 6.42 Å². The van der Waals surface area contributed by atoms with Crippen molar-refractivity contribution in [1.29, 1.82) is 0 Å². The van der Waals surface area contributed by atoms with Gasteiger partial charge in [-0.3, -0.25) is 9.59 Å². The number of carbonyl (C=O) groups excluding carboxylic acids is 2. The second kappa shape index (κ2) is 14.6. The highest BCUT2D eigenvalue weighted by Gasteiger charge is 2.33. The fourth-order valence-electron chi connectivity index (χ4n) is 4.00. The maximum atomic E-state index is 12.5. The number of aliphatic carboxylic acids is 1. The molecule has 1 aromatic rings. The summed E-state index contributed by atoms with van der Waals surface area (Å²) in [4.78, 5) is 37.2. The Hall–Kier alpha value is -2.45. The van der Waals surface area contributed by atoms with Crippen molar-refractivity contribution in [3.63, 3.8) is 0 Å². The molecule has 0 spiro atoms. The van der Waals surface area contributed by atoms with Crippen molar-refractivity contribution in [2.45, 2.75) is 70.8 Å². The van der Waals surface area contributed by atoms with E-state index in [1.54, 1.807) is 6.07 Å². The number of likely N-dealkylation sites (N-methyl/N-ethyl adjacent to an activating group) is 1. The van der Waals surface area contributed by atoms with E-state index in [-0.39, 0.29) is 11.8 Å². The largest absolute Gasteiger partial charge is 0.480 e. The summed E-state index contributed by atoms with van der Waals surface area (Å²) in [6.07, 6.45) is 4.21. The minimum atomic E-state index is -1.16. The van der Waals surface area contributed by atoms with Gasteiger partial charge in [0.15, 0.2) is 6.10 Å². The van der Waals surface area contributed by atoms with E-state index in [9.17, 15) is 14.4 Å². The van der Waals surface area contributed by atoms with Crippen LogP contribution in [0, 0.1) is 0 Å². The van der Waals surface area contributed by atoms with Gasteiger partial charge in [0.2, 0.25) is 5.91 Å². The van der Waals surface area contributed by atoms with E-state index in [0.717, 1.165) is 37.9 Å². The number of carboxylic acids is 1. The van der Waals surface area contributed by atoms with Crippen LogP contribution in [0.4, 0.5) is 0 Å². The van der Waals surface area contributed by atoms with Crippen LogP contribution < -0.4 is 10.1 Å². The molecule has 0 aliphatic carbocycles. The molecule has 8 heteroatoms. The van der Waals surface area contributed by atoms with Gasteiger partial charge in [-0.1, -0.05) is 45.7 Å². The van der Waals surface area contributed by atoms with Crippen molar-refractivity contribution >= 4 is 17.8 Å². The SMILES string of the molecule is CCC.CCC1(c2cccc(OC(=O)C(CC(=O)NCC(=O)O)OC)c2)CCCCN(C)C1. The summed E-state index contributed by atoms with van der Waals surface area (Å²) in [5.74, 6) is -2.04. The Kier molecular flexibility index (Phi) is 12.7. The van der Waals surface area contributed by atoms with Crippen molar-refractivity contribution in [1.82, 2.24) is 10.2 Å². The molecule has 1 aromatic carbocycles. The Labute approximate surface area is 197 Å². The predicted octanol–water partition coefficient (Wildman–Crippen LogP) is 3.38. The lowest BCUT2D eigenvalue weighted by atomic mass is 9.74. The van der Waals surface area contributed by atoms with E-state index in [1.807, 2.05) is 12.1 Å². The number of benzene rings is 1. The van der Waals surface area contributed by atoms with Gasteiger partial charge in [0, 0.05) is 19.1 Å². The third kappa shape index (κ3) is 9.52. The van der Waals surface area contributed by atoms with Crippen molar-refractivity contribution < 1.29 is 29.0 Å². The molecular weight excluding hydrogens is 424 g/mol. The van der Waals surface area contributed by atoms with Gasteiger partial charge in [-0.2, -0.15) is 0 Å². The van der Waals surface area contributed by atoms with E-state index in [1.165, 1.54) is 20.0 Å². The second-order valence-electron chi connectivity index (χ2n) is 8.58. The number of ether oxygens (including phenoxy) is 2. The lowest BCUT2D eigenvalue weighted by molar-refractivity contribution is -0.148. The average Bonchev–Trinajstić information content (AvgIpc) is 2.98. The number of hydrogen-bond donors (Lipinski definition) is 2. The standard InChI is InChI=1S/C22H32N2O6.C3H8/c1-4-22(10-5-6-11-24(2)15-22)16-8-7-9-17(12-16)30-21(28)18(29-3)13-19(25)23-14-20(26)27;1-3-2/h7-9,12,18H,4-6,10-11,13-15H2,1-3H3,(H,23,25)(H,26,27);3H2,1-2H3. The van der Waals surface area contributed by atoms with E-state index in [4.69, 9.17) is 14.6 Å². The molecule has 1 amide bonds. The molecule has 2 unspecified atom stereocenters. The zero-order chi connectivity index (χ0) is 24.9. The lowest BCUT2D eigenvalue weighted by Crippen LogP contribution is -2.37. The Morgan fingerprint density at radius 2 is 1.91 bits per heavy atom. The predicted molar refractivity (Wildman–Crippen MR) is 127 cm³/mol. The van der Waals surface area contributed by atoms with E-state index >= 15 is 0 Å². The summed E-state index contributed by atoms with van der Waals surface area (Å²) < 4.78 is 10.6. The molecule has 8 nitrogen and oxygen atoms in total. The van der Waals surface area contributed by atoms with Crippen LogP contribution in [0.15, 0.2) is 24.3 Å². The molecule has 1 fully saturated rings. The zero-order valence-corrected chi connectivity index (χ0v) is 20.7. The van der Waals surface area contributed by atoms with Crippen molar-refractivity contribution in [3.05, 3.63) is 29.8 Å². The molecule has 0 aromatic heterocycles. The van der Waals surface area contributed by atoms with Gasteiger partial charge in [-0.25, -0.2) is 4.79 Å². The summed E-state index contributed by atoms with van der Waals surface area (Å²) in [6, 6.07) is 7.56. The van der Waals surface area contributed by atoms with Gasteiger partial charge >= 0.3 is 11.9 Å². The first-order valence-corrected chi connectivity index (χ1v) is 11.7. The van der Waals surface area contributed by atoms with Crippen LogP contribution in [0.5, 0.6) is 5.75 Å². The number of hydrogen-bond acceptors (Lipinski definition) is 6. The van der Waals surface area contributed by atoms with Crippen LogP contribution in [0.3, 0.4) is 0 Å². The summed E-state index contributed by atoms with van der Waals surface area (Å²) in [7, 11) is 3.44. The second-order valence-corrected chi connectivity index (χ2v) is 8.58. The monoisotopic (exact) mass is 464 g/mol. The normalized spacial score (nSPS) is 19.4. The molecule has 0 radical (unpaired) electrons. The highest BCUT2D eigenvalue weighted by atomic mass is 16.6. The fourth-order valence-corrected chi connectivity index (χ4v) is 4.00. The van der Waals surface area contributed by atoms with Crippen molar-refractivity contribution in [2.75, 3.05) is 33.8 Å². The van der Waals surface area contributed by atoms with Gasteiger partial charge < -0.3 is 24.8 Å². The number of rotatable bonds is 9. The van der Waals surface area contributed by atoms with Crippen LogP contribution in [-0.2, 0) is 24.5 Å². The topological polar surface area (TPSA) is 105 Å². The van der Waals surface area contributed by atoms with Crippen LogP contribution >= 0.6 is 0 Å². The number of amides is 1. The Bertz CT molecular complexity index is 769. The van der Waals surface area contributed by atoms with E-state index < -0.39 is 30.5 Å². The van der Waals surface area contributed by atoms with Gasteiger partial charge in [0.1, 0.15) is 12.3 Å². The number of nitrogens with zero attached hydrogens (tertiary/aromatic N) is 1. The highest BCUT2D eigenvalue weighted by Crippen LogP contribution is 2.37. The fraction of sp³-hybridized carbons (Fsp3) is 0.640. The smallest absolute Gasteiger partial charge is 0.341 e. The Morgan fingerprint density at radius 1 is 1.21 bits per heavy atom. The first-order valence-electron chi connectivity index (χ1n) is 11.7. The summed E-state index contributed by atoms with van der Waals surface area (Å²) in [6.45, 7) is 7.95. The molecule has 2 N–H and O–H groups in total. The van der Waals surface area contributed by atoms with Crippen LogP contribution in [0.2, 0.25) is 0 Å². The average molecular weight is 465 g/mol. The maximum Gasteiger partial charge on any atom is 0.341 e. The number of carboxylic acid groups (broad SMARTS) is 1. The Balaban J connectivity index is 0.00000172. The van der Waals surface area contributed by atoms with Gasteiger partial charge in [-0.15, -0.1) is 0 Å². The van der Waals surface area contributed by atoms with Crippen molar-refractivity contribution in [3.8, 4) is 5.75 Å². The summed E-state index contributed by atoms with van der Waals surface area (Å²) in [5.41, 5.74) is 1.14. The minimum absolute atomic E-state index is 0.00500. The van der Waals surface area contributed by atoms with Crippen molar-refractivity contribution in [2.24, 2.45) is 0 Å². The first kappa shape index (κ1) is 28.6. The molecule has 1 heterocycles. The van der Waals surface area contributed by atoms with E-state index in [0.29, 0.717) is 5.75 Å². The Morgan fingerprint density at radius 3 is 2.52 bits per heavy atom.